The van der Waals surface area contributed by atoms with Crippen LogP contribution in [0.1, 0.15) is 28.8 Å². The molecule has 6 nitrogen and oxygen atoms in total. The third-order valence-electron chi connectivity index (χ3n) is 4.28. The van der Waals surface area contributed by atoms with E-state index in [1.165, 1.54) is 16.2 Å². The van der Waals surface area contributed by atoms with Gasteiger partial charge in [0.05, 0.1) is 16.8 Å². The third-order valence-corrected chi connectivity index (χ3v) is 5.45. The second-order valence-electron chi connectivity index (χ2n) is 6.16. The summed E-state index contributed by atoms with van der Waals surface area (Å²) in [7, 11) is 0. The fourth-order valence-electron chi connectivity index (χ4n) is 2.86. The third kappa shape index (κ3) is 3.70. The lowest BCUT2D eigenvalue weighted by atomic mass is 10.1. The minimum Gasteiger partial charge on any atom is -0.298 e. The van der Waals surface area contributed by atoms with Crippen molar-refractivity contribution in [2.45, 2.75) is 19.4 Å². The fraction of sp³-hybridized carbons (Fsp3) is 0.158. The molecule has 2 aromatic carbocycles. The Kier molecular flexibility index (Phi) is 4.63. The lowest BCUT2D eigenvalue weighted by Crippen LogP contribution is -2.28. The molecule has 4 rings (SSSR count). The maximum atomic E-state index is 12.4. The number of hydrogen-bond acceptors (Lipinski definition) is 5. The second kappa shape index (κ2) is 7.09. The normalized spacial score (nSPS) is 14.2. The van der Waals surface area contributed by atoms with Crippen molar-refractivity contribution in [2.24, 2.45) is 0 Å². The Bertz CT molecular complexity index is 1050. The highest BCUT2D eigenvalue weighted by Gasteiger charge is 2.28. The molecule has 27 heavy (non-hydrogen) atoms. The van der Waals surface area contributed by atoms with Gasteiger partial charge < -0.3 is 0 Å². The van der Waals surface area contributed by atoms with Gasteiger partial charge in [0.2, 0.25) is 11.8 Å². The zero-order valence-corrected chi connectivity index (χ0v) is 15.6. The number of rotatable bonds is 4. The van der Waals surface area contributed by atoms with E-state index in [1.807, 2.05) is 0 Å². The molecular formula is C19H14ClN3O3S. The monoisotopic (exact) mass is 399 g/mol. The first-order valence-corrected chi connectivity index (χ1v) is 9.48. The first kappa shape index (κ1) is 17.6. The maximum Gasteiger partial charge on any atom is 0.257 e. The lowest BCUT2D eigenvalue weighted by molar-refractivity contribution is -0.139. The molecule has 3 amide bonds. The number of halogens is 1. The van der Waals surface area contributed by atoms with Gasteiger partial charge in [0.15, 0.2) is 5.13 Å². The first-order chi connectivity index (χ1) is 13.0. The van der Waals surface area contributed by atoms with Crippen LogP contribution in [0.15, 0.2) is 42.5 Å². The SMILES string of the molecule is O=C(Nc1nc2ccc(Cl)cc2s1)c1ccc(CN2C(=O)CCC2=O)cc1. The molecule has 0 saturated carbocycles. The Morgan fingerprint density at radius 3 is 2.52 bits per heavy atom. The fourth-order valence-corrected chi connectivity index (χ4v) is 4.00. The summed E-state index contributed by atoms with van der Waals surface area (Å²) in [5.74, 6) is -0.587. The molecular weight excluding hydrogens is 386 g/mol. The minimum absolute atomic E-state index is 0.155. The van der Waals surface area contributed by atoms with E-state index in [2.05, 4.69) is 10.3 Å². The molecule has 1 saturated heterocycles. The molecule has 136 valence electrons. The highest BCUT2D eigenvalue weighted by Crippen LogP contribution is 2.28. The predicted octanol–water partition coefficient (Wildman–Crippen LogP) is 3.85. The van der Waals surface area contributed by atoms with E-state index in [4.69, 9.17) is 11.6 Å². The van der Waals surface area contributed by atoms with E-state index in [1.54, 1.807) is 42.5 Å². The van der Waals surface area contributed by atoms with Crippen LogP contribution >= 0.6 is 22.9 Å². The van der Waals surface area contributed by atoms with Crippen molar-refractivity contribution in [3.05, 3.63) is 58.6 Å². The van der Waals surface area contributed by atoms with Crippen LogP contribution in [0.3, 0.4) is 0 Å². The highest BCUT2D eigenvalue weighted by atomic mass is 35.5. The quantitative estimate of drug-likeness (QED) is 0.676. The topological polar surface area (TPSA) is 79.4 Å². The largest absolute Gasteiger partial charge is 0.298 e. The minimum atomic E-state index is -0.278. The number of imide groups is 1. The highest BCUT2D eigenvalue weighted by molar-refractivity contribution is 7.22. The molecule has 0 spiro atoms. The summed E-state index contributed by atoms with van der Waals surface area (Å²) in [6.07, 6.45) is 0.541. The summed E-state index contributed by atoms with van der Waals surface area (Å²) in [6, 6.07) is 12.2. The Balaban J connectivity index is 1.45. The van der Waals surface area contributed by atoms with E-state index in [-0.39, 0.29) is 37.1 Å². The summed E-state index contributed by atoms with van der Waals surface area (Å²) >= 11 is 7.32. The number of likely N-dealkylation sites (tertiary alicyclic amines) is 1. The Morgan fingerprint density at radius 2 is 1.81 bits per heavy atom. The summed E-state index contributed by atoms with van der Waals surface area (Å²) in [6.45, 7) is 0.234. The van der Waals surface area contributed by atoms with Gasteiger partial charge in [-0.3, -0.25) is 24.6 Å². The summed E-state index contributed by atoms with van der Waals surface area (Å²) in [5, 5.41) is 3.90. The summed E-state index contributed by atoms with van der Waals surface area (Å²) in [5.41, 5.74) is 2.04. The van der Waals surface area contributed by atoms with Crippen LogP contribution in [0, 0.1) is 0 Å². The van der Waals surface area contributed by atoms with Gasteiger partial charge in [-0.15, -0.1) is 0 Å². The second-order valence-corrected chi connectivity index (χ2v) is 7.62. The molecule has 0 radical (unpaired) electrons. The zero-order valence-electron chi connectivity index (χ0n) is 14.1. The Hall–Kier alpha value is -2.77. The van der Waals surface area contributed by atoms with E-state index >= 15 is 0 Å². The van der Waals surface area contributed by atoms with Gasteiger partial charge in [-0.2, -0.15) is 0 Å². The summed E-state index contributed by atoms with van der Waals surface area (Å²) in [4.78, 5) is 41.4. The number of benzene rings is 2. The van der Waals surface area contributed by atoms with Crippen LogP contribution in [0.25, 0.3) is 10.2 Å². The maximum absolute atomic E-state index is 12.4. The van der Waals surface area contributed by atoms with Gasteiger partial charge in [-0.1, -0.05) is 35.1 Å². The van der Waals surface area contributed by atoms with Crippen molar-refractivity contribution in [3.8, 4) is 0 Å². The molecule has 1 aromatic heterocycles. The smallest absolute Gasteiger partial charge is 0.257 e. The van der Waals surface area contributed by atoms with Crippen molar-refractivity contribution in [2.75, 3.05) is 5.32 Å². The van der Waals surface area contributed by atoms with Crippen LogP contribution in [0.4, 0.5) is 5.13 Å². The standard InChI is InChI=1S/C19H14ClN3O3S/c20-13-5-6-14-15(9-13)27-19(21-14)22-18(26)12-3-1-11(2-4-12)10-23-16(24)7-8-17(23)25/h1-6,9H,7-8,10H2,(H,21,22,26). The first-order valence-electron chi connectivity index (χ1n) is 8.29. The number of nitrogens with one attached hydrogen (secondary N) is 1. The van der Waals surface area contributed by atoms with Gasteiger partial charge >= 0.3 is 0 Å². The van der Waals surface area contributed by atoms with Gasteiger partial charge in [0.1, 0.15) is 0 Å². The number of fused-ring (bicyclic) bond motifs is 1. The van der Waals surface area contributed by atoms with Crippen LogP contribution in [-0.2, 0) is 16.1 Å². The van der Waals surface area contributed by atoms with Crippen molar-refractivity contribution < 1.29 is 14.4 Å². The van der Waals surface area contributed by atoms with Crippen molar-refractivity contribution in [3.63, 3.8) is 0 Å². The molecule has 8 heteroatoms. The van der Waals surface area contributed by atoms with Gasteiger partial charge in [0.25, 0.3) is 5.91 Å². The molecule has 0 bridgehead atoms. The molecule has 0 atom stereocenters. The van der Waals surface area contributed by atoms with Crippen LogP contribution in [0.5, 0.6) is 0 Å². The van der Waals surface area contributed by atoms with Gasteiger partial charge in [-0.25, -0.2) is 4.98 Å². The number of carbonyl (C=O) groups is 3. The number of thiazole rings is 1. The van der Waals surface area contributed by atoms with Crippen LogP contribution in [0.2, 0.25) is 5.02 Å². The molecule has 0 aliphatic carbocycles. The molecule has 1 aliphatic rings. The molecule has 2 heterocycles. The number of hydrogen-bond donors (Lipinski definition) is 1. The predicted molar refractivity (Wildman–Crippen MR) is 104 cm³/mol. The van der Waals surface area contributed by atoms with Crippen LogP contribution in [-0.4, -0.2) is 27.6 Å². The van der Waals surface area contributed by atoms with E-state index in [9.17, 15) is 14.4 Å². The molecule has 1 aliphatic heterocycles. The average Bonchev–Trinajstić information content (AvgIpc) is 3.19. The van der Waals surface area contributed by atoms with Crippen LogP contribution < -0.4 is 5.32 Å². The van der Waals surface area contributed by atoms with E-state index in [0.29, 0.717) is 15.7 Å². The van der Waals surface area contributed by atoms with Gasteiger partial charge in [-0.05, 0) is 35.9 Å². The number of anilines is 1. The van der Waals surface area contributed by atoms with Crippen molar-refractivity contribution >= 4 is 56.0 Å². The lowest BCUT2D eigenvalue weighted by Gasteiger charge is -2.13. The summed E-state index contributed by atoms with van der Waals surface area (Å²) < 4.78 is 0.896. The number of aromatic nitrogens is 1. The van der Waals surface area contributed by atoms with E-state index in [0.717, 1.165) is 15.8 Å². The molecule has 1 fully saturated rings. The Morgan fingerprint density at radius 1 is 1.11 bits per heavy atom. The van der Waals surface area contributed by atoms with Crippen molar-refractivity contribution in [1.29, 1.82) is 0 Å². The number of amides is 3. The van der Waals surface area contributed by atoms with E-state index < -0.39 is 0 Å². The molecule has 0 unspecified atom stereocenters. The number of nitrogens with zero attached hydrogens (tertiary/aromatic N) is 2. The van der Waals surface area contributed by atoms with Crippen molar-refractivity contribution in [1.82, 2.24) is 9.88 Å². The van der Waals surface area contributed by atoms with Gasteiger partial charge in [0, 0.05) is 23.4 Å². The Labute approximate surface area is 163 Å². The molecule has 3 aromatic rings. The average molecular weight is 400 g/mol. The zero-order chi connectivity index (χ0) is 19.0. The molecule has 1 N–H and O–H groups in total. The number of carbonyl (C=O) groups excluding carboxylic acids is 3.